The molecular weight excluding hydrogens is 530 g/mol. The highest BCUT2D eigenvalue weighted by Crippen LogP contribution is 2.44. The maximum Gasteiger partial charge on any atom is 0.278 e. The van der Waals surface area contributed by atoms with Crippen LogP contribution < -0.4 is 5.56 Å². The first kappa shape index (κ1) is 25.2. The van der Waals surface area contributed by atoms with Gasteiger partial charge in [-0.15, -0.1) is 5.92 Å². The number of benzene rings is 2. The Morgan fingerprint density at radius 1 is 1.05 bits per heavy atom. The Hall–Kier alpha value is -3.41. The molecule has 2 aliphatic heterocycles. The SMILES string of the molecule is CC#CCN1N=C(c2ccccc2)C2(CCN(C(c3ccccc3)c3c(Br)c(=O)[nH]n3CC)CC2)C1=O. The lowest BCUT2D eigenvalue weighted by atomic mass is 9.71. The maximum atomic E-state index is 13.8. The van der Waals surface area contributed by atoms with Crippen molar-refractivity contribution in [1.29, 1.82) is 0 Å². The van der Waals surface area contributed by atoms with Crippen LogP contribution in [0.3, 0.4) is 0 Å². The van der Waals surface area contributed by atoms with E-state index in [1.54, 1.807) is 11.9 Å². The van der Waals surface area contributed by atoms with Gasteiger partial charge in [0.2, 0.25) is 0 Å². The van der Waals surface area contributed by atoms with Gasteiger partial charge in [0, 0.05) is 19.6 Å². The highest BCUT2D eigenvalue weighted by atomic mass is 79.9. The van der Waals surface area contributed by atoms with E-state index in [4.69, 9.17) is 5.10 Å². The molecule has 1 atom stereocenters. The van der Waals surface area contributed by atoms with Crippen molar-refractivity contribution >= 4 is 27.5 Å². The number of likely N-dealkylation sites (tertiary alicyclic amines) is 1. The number of hydrazone groups is 1. The number of carbonyl (C=O) groups is 1. The second-order valence-corrected chi connectivity index (χ2v) is 10.2. The van der Waals surface area contributed by atoms with Crippen LogP contribution in [-0.4, -0.2) is 50.9 Å². The van der Waals surface area contributed by atoms with Crippen LogP contribution in [0.2, 0.25) is 0 Å². The van der Waals surface area contributed by atoms with E-state index in [2.05, 4.69) is 49.9 Å². The van der Waals surface area contributed by atoms with Gasteiger partial charge in [0.05, 0.1) is 22.9 Å². The fourth-order valence-electron chi connectivity index (χ4n) is 5.58. The molecule has 0 radical (unpaired) electrons. The third kappa shape index (κ3) is 4.47. The number of nitrogens with zero attached hydrogens (tertiary/aromatic N) is 4. The van der Waals surface area contributed by atoms with Crippen LogP contribution in [0, 0.1) is 17.3 Å². The number of hydrogen-bond acceptors (Lipinski definition) is 4. The molecule has 1 amide bonds. The normalized spacial score (nSPS) is 18.0. The Balaban J connectivity index is 1.51. The third-order valence-electron chi connectivity index (χ3n) is 7.43. The second-order valence-electron chi connectivity index (χ2n) is 9.42. The number of H-pyrrole nitrogens is 1. The summed E-state index contributed by atoms with van der Waals surface area (Å²) in [6.45, 7) is 6.10. The van der Waals surface area contributed by atoms with Gasteiger partial charge in [0.1, 0.15) is 11.0 Å². The highest BCUT2D eigenvalue weighted by molar-refractivity contribution is 9.10. The van der Waals surface area contributed by atoms with Crippen LogP contribution in [0.4, 0.5) is 0 Å². The summed E-state index contributed by atoms with van der Waals surface area (Å²) in [5, 5.41) is 9.30. The van der Waals surface area contributed by atoms with E-state index in [1.165, 1.54) is 0 Å². The van der Waals surface area contributed by atoms with Crippen molar-refractivity contribution in [2.45, 2.75) is 39.3 Å². The van der Waals surface area contributed by atoms with Crippen molar-refractivity contribution in [2.24, 2.45) is 10.5 Å². The van der Waals surface area contributed by atoms with Gasteiger partial charge in [-0.3, -0.25) is 24.3 Å². The molecule has 1 unspecified atom stereocenters. The summed E-state index contributed by atoms with van der Waals surface area (Å²) in [4.78, 5) is 28.8. The van der Waals surface area contributed by atoms with Gasteiger partial charge < -0.3 is 0 Å². The van der Waals surface area contributed by atoms with E-state index >= 15 is 0 Å². The summed E-state index contributed by atoms with van der Waals surface area (Å²) >= 11 is 3.56. The predicted molar refractivity (Wildman–Crippen MR) is 148 cm³/mol. The lowest BCUT2D eigenvalue weighted by Crippen LogP contribution is -2.50. The molecule has 7 nitrogen and oxygen atoms in total. The Morgan fingerprint density at radius 2 is 1.70 bits per heavy atom. The van der Waals surface area contributed by atoms with Crippen LogP contribution in [0.1, 0.15) is 49.6 Å². The molecule has 1 aromatic heterocycles. The minimum absolute atomic E-state index is 0.0262. The minimum Gasteiger partial charge on any atom is -0.291 e. The molecule has 2 aromatic carbocycles. The summed E-state index contributed by atoms with van der Waals surface area (Å²) < 4.78 is 2.47. The molecule has 1 saturated heterocycles. The fraction of sp³-hybridized carbons (Fsp3) is 0.345. The lowest BCUT2D eigenvalue weighted by molar-refractivity contribution is -0.137. The monoisotopic (exact) mass is 559 g/mol. The molecule has 2 aliphatic rings. The molecule has 1 spiro atoms. The molecule has 0 saturated carbocycles. The zero-order valence-corrected chi connectivity index (χ0v) is 22.7. The average molecular weight is 560 g/mol. The lowest BCUT2D eigenvalue weighted by Gasteiger charge is -2.42. The van der Waals surface area contributed by atoms with Gasteiger partial charge in [0.25, 0.3) is 11.5 Å². The predicted octanol–water partition coefficient (Wildman–Crippen LogP) is 4.40. The van der Waals surface area contributed by atoms with Crippen LogP contribution >= 0.6 is 15.9 Å². The molecule has 0 aliphatic carbocycles. The first-order valence-electron chi connectivity index (χ1n) is 12.6. The summed E-state index contributed by atoms with van der Waals surface area (Å²) in [6.07, 6.45) is 1.27. The van der Waals surface area contributed by atoms with Crippen molar-refractivity contribution in [1.82, 2.24) is 19.7 Å². The topological polar surface area (TPSA) is 73.7 Å². The molecule has 37 heavy (non-hydrogen) atoms. The van der Waals surface area contributed by atoms with E-state index in [0.29, 0.717) is 43.5 Å². The Morgan fingerprint density at radius 3 is 2.32 bits per heavy atom. The molecule has 0 bridgehead atoms. The van der Waals surface area contributed by atoms with Gasteiger partial charge in [-0.05, 0) is 53.7 Å². The molecule has 3 aromatic rings. The van der Waals surface area contributed by atoms with Crippen molar-refractivity contribution in [3.8, 4) is 11.8 Å². The fourth-order valence-corrected chi connectivity index (χ4v) is 6.10. The second kappa shape index (κ2) is 10.5. The standard InChI is InChI=1S/C29H30BrN5O2/c1-3-5-18-35-28(37)29(26(31-35)22-14-10-7-11-15-22)16-19-33(20-17-29)24(21-12-8-6-9-13-21)25-23(30)27(36)32-34(25)4-2/h6-15,24H,4,16-20H2,1-2H3,(H,32,36). The molecule has 8 heteroatoms. The smallest absolute Gasteiger partial charge is 0.278 e. The number of aryl methyl sites for hydroxylation is 1. The van der Waals surface area contributed by atoms with Gasteiger partial charge in [0.15, 0.2) is 0 Å². The van der Waals surface area contributed by atoms with Gasteiger partial charge in [-0.25, -0.2) is 5.01 Å². The number of halogens is 1. The van der Waals surface area contributed by atoms with Crippen LogP contribution in [-0.2, 0) is 11.3 Å². The van der Waals surface area contributed by atoms with E-state index < -0.39 is 5.41 Å². The largest absolute Gasteiger partial charge is 0.291 e. The Kier molecular flexibility index (Phi) is 7.18. The van der Waals surface area contributed by atoms with Gasteiger partial charge >= 0.3 is 0 Å². The number of piperidine rings is 1. The number of nitrogens with one attached hydrogen (secondary N) is 1. The van der Waals surface area contributed by atoms with E-state index in [1.807, 2.05) is 60.1 Å². The summed E-state index contributed by atoms with van der Waals surface area (Å²) in [5.41, 5.74) is 3.00. The van der Waals surface area contributed by atoms with Crippen LogP contribution in [0.25, 0.3) is 0 Å². The number of rotatable bonds is 6. The van der Waals surface area contributed by atoms with E-state index in [-0.39, 0.29) is 17.5 Å². The molecule has 1 N–H and O–H groups in total. The molecule has 3 heterocycles. The molecule has 190 valence electrons. The third-order valence-corrected chi connectivity index (χ3v) is 8.20. The zero-order chi connectivity index (χ0) is 26.0. The van der Waals surface area contributed by atoms with Crippen molar-refractivity contribution in [3.63, 3.8) is 0 Å². The minimum atomic E-state index is -0.686. The number of carbonyl (C=O) groups excluding carboxylic acids is 1. The number of hydrogen-bond donors (Lipinski definition) is 1. The summed E-state index contributed by atoms with van der Waals surface area (Å²) in [7, 11) is 0. The Bertz CT molecular complexity index is 1420. The summed E-state index contributed by atoms with van der Waals surface area (Å²) in [5.74, 6) is 5.91. The highest BCUT2D eigenvalue weighted by Gasteiger charge is 2.53. The van der Waals surface area contributed by atoms with Gasteiger partial charge in [-0.1, -0.05) is 66.6 Å². The maximum absolute atomic E-state index is 13.8. The molecule has 5 rings (SSSR count). The molecular formula is C29H30BrN5O2. The van der Waals surface area contributed by atoms with Crippen molar-refractivity contribution in [2.75, 3.05) is 19.6 Å². The van der Waals surface area contributed by atoms with E-state index in [9.17, 15) is 9.59 Å². The number of amides is 1. The van der Waals surface area contributed by atoms with Gasteiger partial charge in [-0.2, -0.15) is 5.10 Å². The Labute approximate surface area is 225 Å². The number of aromatic amines is 1. The van der Waals surface area contributed by atoms with Crippen molar-refractivity contribution in [3.05, 3.63) is 92.3 Å². The van der Waals surface area contributed by atoms with E-state index in [0.717, 1.165) is 22.5 Å². The first-order chi connectivity index (χ1) is 18.0. The first-order valence-corrected chi connectivity index (χ1v) is 13.4. The quantitative estimate of drug-likeness (QED) is 0.455. The van der Waals surface area contributed by atoms with Crippen LogP contribution in [0.5, 0.6) is 0 Å². The zero-order valence-electron chi connectivity index (χ0n) is 21.1. The average Bonchev–Trinajstić information content (AvgIpc) is 3.37. The summed E-state index contributed by atoms with van der Waals surface area (Å²) in [6, 6.07) is 20.1. The number of aromatic nitrogens is 2. The van der Waals surface area contributed by atoms with Crippen LogP contribution in [0.15, 0.2) is 75.0 Å². The molecule has 1 fully saturated rings. The van der Waals surface area contributed by atoms with Crippen molar-refractivity contribution < 1.29 is 4.79 Å².